The average molecular weight is 420 g/mol. The molecule has 28 heavy (non-hydrogen) atoms. The van der Waals surface area contributed by atoms with Gasteiger partial charge in [-0.3, -0.25) is 4.79 Å². The van der Waals surface area contributed by atoms with E-state index < -0.39 is 10.0 Å². The minimum atomic E-state index is -4.06. The van der Waals surface area contributed by atoms with Crippen molar-refractivity contribution in [2.75, 3.05) is 5.32 Å². The zero-order valence-corrected chi connectivity index (χ0v) is 16.2. The Labute approximate surface area is 167 Å². The molecule has 0 fully saturated rings. The lowest BCUT2D eigenvalue weighted by molar-refractivity contribution is -0.115. The van der Waals surface area contributed by atoms with E-state index in [0.717, 1.165) is 11.1 Å². The lowest BCUT2D eigenvalue weighted by atomic mass is 10.1. The van der Waals surface area contributed by atoms with Crippen molar-refractivity contribution >= 4 is 33.2 Å². The molecular weight excluding hydrogens is 402 g/mol. The number of hydrogen-bond acceptors (Lipinski definition) is 5. The first-order valence-electron chi connectivity index (χ1n) is 8.21. The molecule has 3 rings (SSSR count). The molecule has 0 aliphatic carbocycles. The first-order valence-corrected chi connectivity index (χ1v) is 10.1. The maximum absolute atomic E-state index is 12.3. The number of aromatic nitrogens is 2. The van der Waals surface area contributed by atoms with Crippen molar-refractivity contribution < 1.29 is 13.2 Å². The Kier molecular flexibility index (Phi) is 5.80. The van der Waals surface area contributed by atoms with Crippen molar-refractivity contribution in [3.05, 3.63) is 71.0 Å². The van der Waals surface area contributed by atoms with Gasteiger partial charge in [-0.05, 0) is 29.3 Å². The molecule has 0 atom stereocenters. The Morgan fingerprint density at radius 2 is 1.82 bits per heavy atom. The van der Waals surface area contributed by atoms with Gasteiger partial charge < -0.3 is 11.1 Å². The van der Waals surface area contributed by atoms with Crippen LogP contribution in [-0.2, 0) is 27.8 Å². The second-order valence-electron chi connectivity index (χ2n) is 6.08. The van der Waals surface area contributed by atoms with Crippen molar-refractivity contribution in [1.29, 1.82) is 0 Å². The Hall–Kier alpha value is -2.72. The fraction of sp³-hybridized carbons (Fsp3) is 0.111. The summed E-state index contributed by atoms with van der Waals surface area (Å²) in [5, 5.41) is 12.3. The van der Waals surface area contributed by atoms with Crippen LogP contribution in [0.4, 0.5) is 5.69 Å². The smallest absolute Gasteiger partial charge is 0.240 e. The van der Waals surface area contributed by atoms with Crippen LogP contribution in [-0.4, -0.2) is 24.1 Å². The molecule has 0 saturated heterocycles. The number of halogens is 1. The van der Waals surface area contributed by atoms with Crippen molar-refractivity contribution in [1.82, 2.24) is 9.78 Å². The van der Waals surface area contributed by atoms with Crippen molar-refractivity contribution in [2.45, 2.75) is 17.9 Å². The fourth-order valence-electron chi connectivity index (χ4n) is 2.63. The fourth-order valence-corrected chi connectivity index (χ4v) is 3.51. The summed E-state index contributed by atoms with van der Waals surface area (Å²) in [5.74, 6) is -0.296. The molecule has 1 heterocycles. The molecule has 0 saturated carbocycles. The molecule has 1 amide bonds. The quantitative estimate of drug-likeness (QED) is 0.560. The maximum Gasteiger partial charge on any atom is 0.240 e. The van der Waals surface area contributed by atoms with E-state index in [1.165, 1.54) is 29.2 Å². The summed E-state index contributed by atoms with van der Waals surface area (Å²) in [6.07, 6.45) is 2.96. The Morgan fingerprint density at radius 1 is 1.14 bits per heavy atom. The van der Waals surface area contributed by atoms with E-state index in [1.807, 2.05) is 24.3 Å². The average Bonchev–Trinajstić information content (AvgIpc) is 3.08. The largest absolute Gasteiger partial charge is 0.326 e. The molecule has 5 N–H and O–H groups in total. The number of primary sulfonamides is 1. The number of carbonyl (C=O) groups is 1. The van der Waals surface area contributed by atoms with E-state index in [-0.39, 0.29) is 22.9 Å². The van der Waals surface area contributed by atoms with Gasteiger partial charge in [0.1, 0.15) is 4.90 Å². The summed E-state index contributed by atoms with van der Waals surface area (Å²) < 4.78 is 25.3. The van der Waals surface area contributed by atoms with Gasteiger partial charge in [0.15, 0.2) is 0 Å². The number of nitrogens with zero attached hydrogens (tertiary/aromatic N) is 2. The number of anilines is 1. The van der Waals surface area contributed by atoms with Gasteiger partial charge in [-0.1, -0.05) is 35.9 Å². The van der Waals surface area contributed by atoms with Crippen LogP contribution >= 0.6 is 11.6 Å². The molecular formula is C18H18ClN5O3S. The van der Waals surface area contributed by atoms with Crippen LogP contribution in [0.25, 0.3) is 5.69 Å². The third-order valence-electron chi connectivity index (χ3n) is 3.97. The van der Waals surface area contributed by atoms with Crippen molar-refractivity contribution in [3.8, 4) is 5.69 Å². The number of amides is 1. The third kappa shape index (κ3) is 4.76. The SMILES string of the molecule is NCc1ccc(CC(=O)Nc2ccc(-n3cc(Cl)cn3)c(S(N)(=O)=O)c2)cc1. The van der Waals surface area contributed by atoms with Gasteiger partial charge in [-0.15, -0.1) is 0 Å². The molecule has 0 spiro atoms. The van der Waals surface area contributed by atoms with Gasteiger partial charge in [-0.25, -0.2) is 18.2 Å². The van der Waals surface area contributed by atoms with Crippen LogP contribution in [0, 0.1) is 0 Å². The molecule has 0 bridgehead atoms. The number of carbonyl (C=O) groups excluding carboxylic acids is 1. The van der Waals surface area contributed by atoms with Crippen molar-refractivity contribution in [2.24, 2.45) is 10.9 Å². The van der Waals surface area contributed by atoms with Crippen LogP contribution in [0.15, 0.2) is 59.8 Å². The molecule has 0 aliphatic rings. The van der Waals surface area contributed by atoms with E-state index in [1.54, 1.807) is 6.07 Å². The predicted molar refractivity (Wildman–Crippen MR) is 107 cm³/mol. The number of nitrogens with one attached hydrogen (secondary N) is 1. The van der Waals surface area contributed by atoms with Crippen LogP contribution in [0.2, 0.25) is 5.02 Å². The van der Waals surface area contributed by atoms with E-state index in [4.69, 9.17) is 22.5 Å². The number of benzene rings is 2. The highest BCUT2D eigenvalue weighted by molar-refractivity contribution is 7.89. The van der Waals surface area contributed by atoms with Gasteiger partial charge in [0.25, 0.3) is 0 Å². The Morgan fingerprint density at radius 3 is 2.39 bits per heavy atom. The van der Waals surface area contributed by atoms with Crippen LogP contribution < -0.4 is 16.2 Å². The normalized spacial score (nSPS) is 11.4. The van der Waals surface area contributed by atoms with Crippen LogP contribution in [0.1, 0.15) is 11.1 Å². The number of hydrogen-bond donors (Lipinski definition) is 3. The highest BCUT2D eigenvalue weighted by atomic mass is 35.5. The van der Waals surface area contributed by atoms with E-state index >= 15 is 0 Å². The number of sulfonamides is 1. The lowest BCUT2D eigenvalue weighted by Crippen LogP contribution is -2.18. The molecule has 0 radical (unpaired) electrons. The topological polar surface area (TPSA) is 133 Å². The summed E-state index contributed by atoms with van der Waals surface area (Å²) in [6, 6.07) is 11.7. The van der Waals surface area contributed by atoms with Gasteiger partial charge in [0.2, 0.25) is 15.9 Å². The second kappa shape index (κ2) is 8.11. The van der Waals surface area contributed by atoms with Gasteiger partial charge >= 0.3 is 0 Å². The zero-order chi connectivity index (χ0) is 20.3. The minimum absolute atomic E-state index is 0.131. The van der Waals surface area contributed by atoms with E-state index in [9.17, 15) is 13.2 Å². The molecule has 0 unspecified atom stereocenters. The highest BCUT2D eigenvalue weighted by Gasteiger charge is 2.18. The Bertz CT molecular complexity index is 1110. The molecule has 146 valence electrons. The highest BCUT2D eigenvalue weighted by Crippen LogP contribution is 2.24. The summed E-state index contributed by atoms with van der Waals surface area (Å²) in [4.78, 5) is 12.1. The summed E-state index contributed by atoms with van der Waals surface area (Å²) >= 11 is 5.85. The maximum atomic E-state index is 12.3. The Balaban J connectivity index is 1.83. The number of rotatable bonds is 6. The van der Waals surface area contributed by atoms with Crippen molar-refractivity contribution in [3.63, 3.8) is 0 Å². The predicted octanol–water partition coefficient (Wildman–Crippen LogP) is 1.81. The standard InChI is InChI=1S/C18H18ClN5O3S/c19-14-10-22-24(11-14)16-6-5-15(8-17(16)28(21,26)27)23-18(25)7-12-1-3-13(9-20)4-2-12/h1-6,8,10-11H,7,9,20H2,(H,23,25)(H2,21,26,27). The zero-order valence-electron chi connectivity index (χ0n) is 14.7. The molecule has 1 aromatic heterocycles. The second-order valence-corrected chi connectivity index (χ2v) is 8.04. The molecule has 2 aromatic carbocycles. The summed E-state index contributed by atoms with van der Waals surface area (Å²) in [7, 11) is -4.06. The third-order valence-corrected chi connectivity index (χ3v) is 5.11. The van der Waals surface area contributed by atoms with Gasteiger partial charge in [-0.2, -0.15) is 5.10 Å². The lowest BCUT2D eigenvalue weighted by Gasteiger charge is -2.11. The van der Waals surface area contributed by atoms with Gasteiger partial charge in [0, 0.05) is 18.4 Å². The molecule has 8 nitrogen and oxygen atoms in total. The summed E-state index contributed by atoms with van der Waals surface area (Å²) in [5.41, 5.74) is 7.86. The molecule has 0 aliphatic heterocycles. The molecule has 3 aromatic rings. The van der Waals surface area contributed by atoms with Crippen LogP contribution in [0.3, 0.4) is 0 Å². The minimum Gasteiger partial charge on any atom is -0.326 e. The number of nitrogens with two attached hydrogens (primary N) is 2. The van der Waals surface area contributed by atoms with Crippen LogP contribution in [0.5, 0.6) is 0 Å². The van der Waals surface area contributed by atoms with Gasteiger partial charge in [0.05, 0.1) is 23.3 Å². The summed E-state index contributed by atoms with van der Waals surface area (Å²) in [6.45, 7) is 0.427. The monoisotopic (exact) mass is 419 g/mol. The van der Waals surface area contributed by atoms with E-state index in [2.05, 4.69) is 10.4 Å². The first kappa shape index (κ1) is 20.0. The first-order chi connectivity index (χ1) is 13.3. The van der Waals surface area contributed by atoms with E-state index in [0.29, 0.717) is 17.3 Å². The molecule has 10 heteroatoms.